The fourth-order valence-electron chi connectivity index (χ4n) is 3.50. The van der Waals surface area contributed by atoms with Gasteiger partial charge in [-0.15, -0.1) is 0 Å². The standard InChI is InChI=1S/C22H25ClN2O3/c1-5-18-13-24(21(26)16-8-7-9-17(23)12-16)19-10-14(3)15(4)11-20(19)25(18)22(27)28-6-2/h7-12,18H,5-6,13H2,1-4H3. The van der Waals surface area contributed by atoms with Crippen LogP contribution in [-0.2, 0) is 4.74 Å². The molecule has 0 aromatic heterocycles. The van der Waals surface area contributed by atoms with Crippen LogP contribution in [0.3, 0.4) is 0 Å². The third-order valence-corrected chi connectivity index (χ3v) is 5.39. The van der Waals surface area contributed by atoms with Crippen LogP contribution in [0, 0.1) is 13.8 Å². The molecule has 2 aromatic carbocycles. The second kappa shape index (κ2) is 8.23. The number of benzene rings is 2. The molecular formula is C22H25ClN2O3. The van der Waals surface area contributed by atoms with Crippen molar-refractivity contribution in [2.75, 3.05) is 23.0 Å². The van der Waals surface area contributed by atoms with Crippen molar-refractivity contribution in [1.82, 2.24) is 0 Å². The van der Waals surface area contributed by atoms with E-state index in [1.165, 1.54) is 0 Å². The van der Waals surface area contributed by atoms with Gasteiger partial charge in [-0.1, -0.05) is 24.6 Å². The molecule has 148 valence electrons. The summed E-state index contributed by atoms with van der Waals surface area (Å²) < 4.78 is 5.30. The van der Waals surface area contributed by atoms with Crippen LogP contribution in [-0.4, -0.2) is 31.2 Å². The van der Waals surface area contributed by atoms with Gasteiger partial charge >= 0.3 is 6.09 Å². The van der Waals surface area contributed by atoms with E-state index in [9.17, 15) is 9.59 Å². The number of hydrogen-bond acceptors (Lipinski definition) is 3. The van der Waals surface area contributed by atoms with Gasteiger partial charge in [0.2, 0.25) is 0 Å². The number of aryl methyl sites for hydroxylation is 2. The normalized spacial score (nSPS) is 16.0. The minimum atomic E-state index is -0.381. The summed E-state index contributed by atoms with van der Waals surface area (Å²) in [5.41, 5.74) is 4.05. The molecule has 28 heavy (non-hydrogen) atoms. The van der Waals surface area contributed by atoms with Crippen molar-refractivity contribution in [3.05, 3.63) is 58.1 Å². The van der Waals surface area contributed by atoms with Crippen LogP contribution in [0.4, 0.5) is 16.2 Å². The van der Waals surface area contributed by atoms with Crippen molar-refractivity contribution in [2.45, 2.75) is 40.2 Å². The summed E-state index contributed by atoms with van der Waals surface area (Å²) in [7, 11) is 0. The maximum Gasteiger partial charge on any atom is 0.414 e. The Balaban J connectivity index is 2.13. The van der Waals surface area contributed by atoms with Gasteiger partial charge in [0.1, 0.15) is 0 Å². The SMILES string of the molecule is CCOC(=O)N1c2cc(C)c(C)cc2N(C(=O)c2cccc(Cl)c2)CC1CC. The molecule has 6 heteroatoms. The number of ether oxygens (including phenoxy) is 1. The Kier molecular flexibility index (Phi) is 5.94. The van der Waals surface area contributed by atoms with Gasteiger partial charge in [0.15, 0.2) is 0 Å². The molecule has 0 radical (unpaired) electrons. The topological polar surface area (TPSA) is 49.9 Å². The largest absolute Gasteiger partial charge is 0.449 e. The van der Waals surface area contributed by atoms with Gasteiger partial charge in [-0.3, -0.25) is 9.69 Å². The van der Waals surface area contributed by atoms with E-state index in [-0.39, 0.29) is 18.0 Å². The summed E-state index contributed by atoms with van der Waals surface area (Å²) in [6.45, 7) is 8.49. The van der Waals surface area contributed by atoms with Crippen LogP contribution in [0.2, 0.25) is 5.02 Å². The van der Waals surface area contributed by atoms with Crippen LogP contribution >= 0.6 is 11.6 Å². The van der Waals surface area contributed by atoms with Gasteiger partial charge < -0.3 is 9.64 Å². The number of halogens is 1. The predicted molar refractivity (Wildman–Crippen MR) is 113 cm³/mol. The fourth-order valence-corrected chi connectivity index (χ4v) is 3.69. The van der Waals surface area contributed by atoms with Crippen LogP contribution in [0.25, 0.3) is 0 Å². The molecule has 0 spiro atoms. The maximum absolute atomic E-state index is 13.3. The minimum Gasteiger partial charge on any atom is -0.449 e. The zero-order chi connectivity index (χ0) is 20.4. The molecule has 1 unspecified atom stereocenters. The van der Waals surface area contributed by atoms with Crippen molar-refractivity contribution in [3.8, 4) is 0 Å². The highest BCUT2D eigenvalue weighted by Gasteiger charge is 2.37. The number of hydrogen-bond donors (Lipinski definition) is 0. The van der Waals surface area contributed by atoms with Gasteiger partial charge in [-0.05, 0) is 68.7 Å². The zero-order valence-electron chi connectivity index (χ0n) is 16.7. The molecule has 5 nitrogen and oxygen atoms in total. The Labute approximate surface area is 170 Å². The first kappa shape index (κ1) is 20.2. The highest BCUT2D eigenvalue weighted by atomic mass is 35.5. The predicted octanol–water partition coefficient (Wildman–Crippen LogP) is 5.36. The van der Waals surface area contributed by atoms with Crippen LogP contribution < -0.4 is 9.80 Å². The molecule has 1 heterocycles. The van der Waals surface area contributed by atoms with E-state index < -0.39 is 0 Å². The maximum atomic E-state index is 13.3. The Hall–Kier alpha value is -2.53. The molecule has 0 N–H and O–H groups in total. The van der Waals surface area contributed by atoms with Gasteiger partial charge in [0, 0.05) is 17.1 Å². The molecular weight excluding hydrogens is 376 g/mol. The summed E-state index contributed by atoms with van der Waals surface area (Å²) in [6, 6.07) is 10.7. The molecule has 2 aromatic rings. The number of carbonyl (C=O) groups is 2. The van der Waals surface area contributed by atoms with Crippen LogP contribution in [0.15, 0.2) is 36.4 Å². The summed E-state index contributed by atoms with van der Waals surface area (Å²) in [5.74, 6) is -0.131. The summed E-state index contributed by atoms with van der Waals surface area (Å²) in [4.78, 5) is 29.4. The van der Waals surface area contributed by atoms with Gasteiger partial charge in [-0.25, -0.2) is 4.79 Å². The highest BCUT2D eigenvalue weighted by molar-refractivity contribution is 6.31. The Morgan fingerprint density at radius 1 is 1.11 bits per heavy atom. The molecule has 0 bridgehead atoms. The van der Waals surface area contributed by atoms with Crippen molar-refractivity contribution in [2.24, 2.45) is 0 Å². The lowest BCUT2D eigenvalue weighted by Gasteiger charge is -2.42. The van der Waals surface area contributed by atoms with E-state index >= 15 is 0 Å². The lowest BCUT2D eigenvalue weighted by atomic mass is 9.99. The monoisotopic (exact) mass is 400 g/mol. The van der Waals surface area contributed by atoms with Crippen molar-refractivity contribution in [1.29, 1.82) is 0 Å². The summed E-state index contributed by atoms with van der Waals surface area (Å²) in [5, 5.41) is 0.517. The second-order valence-electron chi connectivity index (χ2n) is 6.98. The number of anilines is 2. The van der Waals surface area contributed by atoms with Crippen molar-refractivity contribution >= 4 is 35.0 Å². The Morgan fingerprint density at radius 2 is 1.79 bits per heavy atom. The number of fused-ring (bicyclic) bond motifs is 1. The third kappa shape index (κ3) is 3.72. The molecule has 3 rings (SSSR count). The molecule has 0 aliphatic carbocycles. The van der Waals surface area contributed by atoms with E-state index in [2.05, 4.69) is 0 Å². The number of carbonyl (C=O) groups excluding carboxylic acids is 2. The summed E-state index contributed by atoms with van der Waals surface area (Å²) in [6.07, 6.45) is 0.318. The number of amides is 2. The quantitative estimate of drug-likeness (QED) is 0.696. The smallest absolute Gasteiger partial charge is 0.414 e. The lowest BCUT2D eigenvalue weighted by molar-refractivity contribution is 0.0981. The zero-order valence-corrected chi connectivity index (χ0v) is 17.4. The van der Waals surface area contributed by atoms with Crippen LogP contribution in [0.1, 0.15) is 41.8 Å². The molecule has 2 amide bonds. The Bertz CT molecular complexity index is 913. The third-order valence-electron chi connectivity index (χ3n) is 5.15. The van der Waals surface area contributed by atoms with E-state index in [1.54, 1.807) is 41.0 Å². The van der Waals surface area contributed by atoms with E-state index in [1.807, 2.05) is 32.9 Å². The Morgan fingerprint density at radius 3 is 2.39 bits per heavy atom. The first-order valence-corrected chi connectivity index (χ1v) is 9.89. The van der Waals surface area contributed by atoms with E-state index in [0.29, 0.717) is 41.5 Å². The van der Waals surface area contributed by atoms with Gasteiger partial charge in [0.25, 0.3) is 5.91 Å². The van der Waals surface area contributed by atoms with Crippen LogP contribution in [0.5, 0.6) is 0 Å². The number of rotatable bonds is 3. The molecule has 0 fully saturated rings. The number of nitrogens with zero attached hydrogens (tertiary/aromatic N) is 2. The van der Waals surface area contributed by atoms with E-state index in [0.717, 1.165) is 11.1 Å². The molecule has 1 aliphatic rings. The minimum absolute atomic E-state index is 0.131. The average Bonchev–Trinajstić information content (AvgIpc) is 2.67. The fraction of sp³-hybridized carbons (Fsp3) is 0.364. The average molecular weight is 401 g/mol. The summed E-state index contributed by atoms with van der Waals surface area (Å²) >= 11 is 6.09. The van der Waals surface area contributed by atoms with Gasteiger partial charge in [0.05, 0.1) is 24.0 Å². The first-order valence-electron chi connectivity index (χ1n) is 9.52. The van der Waals surface area contributed by atoms with Crippen molar-refractivity contribution in [3.63, 3.8) is 0 Å². The lowest BCUT2D eigenvalue weighted by Crippen LogP contribution is -2.53. The molecule has 0 saturated carbocycles. The van der Waals surface area contributed by atoms with E-state index in [4.69, 9.17) is 16.3 Å². The van der Waals surface area contributed by atoms with Gasteiger partial charge in [-0.2, -0.15) is 0 Å². The first-order chi connectivity index (χ1) is 13.4. The highest BCUT2D eigenvalue weighted by Crippen LogP contribution is 2.39. The molecule has 0 saturated heterocycles. The second-order valence-corrected chi connectivity index (χ2v) is 7.42. The molecule has 1 aliphatic heterocycles. The van der Waals surface area contributed by atoms with Crippen molar-refractivity contribution < 1.29 is 14.3 Å². The molecule has 1 atom stereocenters.